The van der Waals surface area contributed by atoms with Gasteiger partial charge >= 0.3 is 0 Å². The Balaban J connectivity index is 3.09. The van der Waals surface area contributed by atoms with Crippen molar-refractivity contribution in [3.8, 4) is 0 Å². The van der Waals surface area contributed by atoms with Gasteiger partial charge in [0.15, 0.2) is 0 Å². The van der Waals surface area contributed by atoms with E-state index < -0.39 is 5.60 Å². The van der Waals surface area contributed by atoms with Crippen LogP contribution in [0, 0.1) is 0 Å². The maximum absolute atomic E-state index is 10.1. The van der Waals surface area contributed by atoms with Gasteiger partial charge < -0.3 is 5.11 Å². The molecule has 0 saturated carbocycles. The van der Waals surface area contributed by atoms with Crippen molar-refractivity contribution in [3.63, 3.8) is 0 Å². The Morgan fingerprint density at radius 2 is 1.69 bits per heavy atom. The second-order valence-corrected chi connectivity index (χ2v) is 5.05. The standard InChI is InChI=1S/C15H24O/c1-5-7-12-9-10-14(15(3,4)16)13(11-12)8-6-2/h9-11,16H,5-8H2,1-4H3. The molecule has 0 radical (unpaired) electrons. The average Bonchev–Trinajstić information content (AvgIpc) is 2.17. The monoisotopic (exact) mass is 220 g/mol. The van der Waals surface area contributed by atoms with E-state index in [-0.39, 0.29) is 0 Å². The summed E-state index contributed by atoms with van der Waals surface area (Å²) in [6, 6.07) is 6.51. The van der Waals surface area contributed by atoms with Gasteiger partial charge in [0.25, 0.3) is 0 Å². The second-order valence-electron chi connectivity index (χ2n) is 5.05. The Morgan fingerprint density at radius 3 is 2.19 bits per heavy atom. The zero-order chi connectivity index (χ0) is 12.2. The second kappa shape index (κ2) is 5.49. The Bertz CT molecular complexity index is 334. The van der Waals surface area contributed by atoms with Crippen LogP contribution in [0.25, 0.3) is 0 Å². The fourth-order valence-corrected chi connectivity index (χ4v) is 2.16. The van der Waals surface area contributed by atoms with E-state index in [2.05, 4.69) is 32.0 Å². The van der Waals surface area contributed by atoms with E-state index in [9.17, 15) is 5.11 Å². The number of hydrogen-bond acceptors (Lipinski definition) is 1. The van der Waals surface area contributed by atoms with E-state index in [1.807, 2.05) is 13.8 Å². The zero-order valence-corrected chi connectivity index (χ0v) is 11.0. The molecule has 1 heteroatoms. The first-order valence-electron chi connectivity index (χ1n) is 6.33. The molecular formula is C15H24O. The van der Waals surface area contributed by atoms with E-state index in [0.717, 1.165) is 24.8 Å². The Labute approximate surface area is 99.5 Å². The third kappa shape index (κ3) is 3.34. The summed E-state index contributed by atoms with van der Waals surface area (Å²) in [5, 5.41) is 10.1. The number of benzene rings is 1. The lowest BCUT2D eigenvalue weighted by Gasteiger charge is -2.22. The molecule has 0 saturated heterocycles. The smallest absolute Gasteiger partial charge is 0.0843 e. The van der Waals surface area contributed by atoms with Gasteiger partial charge in [-0.1, -0.05) is 44.9 Å². The first-order chi connectivity index (χ1) is 7.49. The minimum atomic E-state index is -0.727. The molecule has 0 atom stereocenters. The molecule has 0 aliphatic carbocycles. The van der Waals surface area contributed by atoms with Gasteiger partial charge in [0.05, 0.1) is 5.60 Å². The van der Waals surface area contributed by atoms with E-state index in [1.54, 1.807) is 0 Å². The van der Waals surface area contributed by atoms with Crippen LogP contribution >= 0.6 is 0 Å². The van der Waals surface area contributed by atoms with Crippen LogP contribution in [0.15, 0.2) is 18.2 Å². The van der Waals surface area contributed by atoms with Gasteiger partial charge in [-0.25, -0.2) is 0 Å². The number of aryl methyl sites for hydroxylation is 2. The third-order valence-electron chi connectivity index (χ3n) is 2.89. The average molecular weight is 220 g/mol. The van der Waals surface area contributed by atoms with Crippen LogP contribution in [-0.2, 0) is 18.4 Å². The molecule has 90 valence electrons. The van der Waals surface area contributed by atoms with Crippen LogP contribution in [0.2, 0.25) is 0 Å². The predicted molar refractivity (Wildman–Crippen MR) is 69.7 cm³/mol. The molecule has 0 amide bonds. The SMILES string of the molecule is CCCc1ccc(C(C)(C)O)c(CCC)c1. The molecule has 0 bridgehead atoms. The van der Waals surface area contributed by atoms with Gasteiger partial charge in [-0.2, -0.15) is 0 Å². The molecule has 0 aliphatic heterocycles. The zero-order valence-electron chi connectivity index (χ0n) is 11.0. The molecule has 0 fully saturated rings. The molecule has 1 nitrogen and oxygen atoms in total. The van der Waals surface area contributed by atoms with Gasteiger partial charge in [0.2, 0.25) is 0 Å². The molecule has 1 aromatic rings. The Kier molecular flexibility index (Phi) is 4.55. The molecule has 0 unspecified atom stereocenters. The van der Waals surface area contributed by atoms with Crippen molar-refractivity contribution in [3.05, 3.63) is 34.9 Å². The number of aliphatic hydroxyl groups is 1. The normalized spacial score (nSPS) is 11.8. The van der Waals surface area contributed by atoms with Crippen LogP contribution in [0.5, 0.6) is 0 Å². The lowest BCUT2D eigenvalue weighted by atomic mass is 9.89. The highest BCUT2D eigenvalue weighted by Crippen LogP contribution is 2.26. The minimum absolute atomic E-state index is 0.727. The van der Waals surface area contributed by atoms with Gasteiger partial charge in [0.1, 0.15) is 0 Å². The molecule has 16 heavy (non-hydrogen) atoms. The summed E-state index contributed by atoms with van der Waals surface area (Å²) < 4.78 is 0. The maximum atomic E-state index is 10.1. The summed E-state index contributed by atoms with van der Waals surface area (Å²) in [5.41, 5.74) is 3.05. The topological polar surface area (TPSA) is 20.2 Å². The van der Waals surface area contributed by atoms with E-state index in [4.69, 9.17) is 0 Å². The molecule has 1 rings (SSSR count). The minimum Gasteiger partial charge on any atom is -0.386 e. The lowest BCUT2D eigenvalue weighted by molar-refractivity contribution is 0.0776. The van der Waals surface area contributed by atoms with Crippen molar-refractivity contribution < 1.29 is 5.11 Å². The van der Waals surface area contributed by atoms with Crippen molar-refractivity contribution in [2.24, 2.45) is 0 Å². The third-order valence-corrected chi connectivity index (χ3v) is 2.89. The lowest BCUT2D eigenvalue weighted by Crippen LogP contribution is -2.18. The van der Waals surface area contributed by atoms with Crippen LogP contribution in [0.3, 0.4) is 0 Å². The predicted octanol–water partition coefficient (Wildman–Crippen LogP) is 3.82. The van der Waals surface area contributed by atoms with Gasteiger partial charge in [-0.3, -0.25) is 0 Å². The molecule has 0 heterocycles. The molecule has 0 spiro atoms. The van der Waals surface area contributed by atoms with Crippen molar-refractivity contribution >= 4 is 0 Å². The summed E-state index contributed by atoms with van der Waals surface area (Å²) in [7, 11) is 0. The number of rotatable bonds is 5. The highest BCUT2D eigenvalue weighted by Gasteiger charge is 2.19. The van der Waals surface area contributed by atoms with Crippen LogP contribution in [-0.4, -0.2) is 5.11 Å². The van der Waals surface area contributed by atoms with Crippen molar-refractivity contribution in [2.45, 2.75) is 59.0 Å². The fourth-order valence-electron chi connectivity index (χ4n) is 2.16. The first kappa shape index (κ1) is 13.2. The molecule has 1 N–H and O–H groups in total. The highest BCUT2D eigenvalue weighted by atomic mass is 16.3. The first-order valence-corrected chi connectivity index (χ1v) is 6.33. The Morgan fingerprint density at radius 1 is 1.06 bits per heavy atom. The quantitative estimate of drug-likeness (QED) is 0.800. The summed E-state index contributed by atoms with van der Waals surface area (Å²) in [6.07, 6.45) is 4.48. The van der Waals surface area contributed by atoms with Crippen molar-refractivity contribution in [1.29, 1.82) is 0 Å². The van der Waals surface area contributed by atoms with Crippen LogP contribution in [0.4, 0.5) is 0 Å². The highest BCUT2D eigenvalue weighted by molar-refractivity contribution is 5.35. The Hall–Kier alpha value is -0.820. The molecular weight excluding hydrogens is 196 g/mol. The largest absolute Gasteiger partial charge is 0.386 e. The van der Waals surface area contributed by atoms with Gasteiger partial charge in [-0.05, 0) is 43.4 Å². The summed E-state index contributed by atoms with van der Waals surface area (Å²) in [6.45, 7) is 8.10. The van der Waals surface area contributed by atoms with Crippen LogP contribution in [0.1, 0.15) is 57.2 Å². The van der Waals surface area contributed by atoms with Crippen molar-refractivity contribution in [2.75, 3.05) is 0 Å². The van der Waals surface area contributed by atoms with E-state index >= 15 is 0 Å². The van der Waals surface area contributed by atoms with Crippen molar-refractivity contribution in [1.82, 2.24) is 0 Å². The van der Waals surface area contributed by atoms with Gasteiger partial charge in [0, 0.05) is 0 Å². The van der Waals surface area contributed by atoms with E-state index in [1.165, 1.54) is 17.5 Å². The van der Waals surface area contributed by atoms with Crippen LogP contribution < -0.4 is 0 Å². The summed E-state index contributed by atoms with van der Waals surface area (Å²) in [5.74, 6) is 0. The number of hydrogen-bond donors (Lipinski definition) is 1. The molecule has 0 aliphatic rings. The molecule has 0 aromatic heterocycles. The molecule has 1 aromatic carbocycles. The summed E-state index contributed by atoms with van der Waals surface area (Å²) in [4.78, 5) is 0. The summed E-state index contributed by atoms with van der Waals surface area (Å²) >= 11 is 0. The fraction of sp³-hybridized carbons (Fsp3) is 0.600. The maximum Gasteiger partial charge on any atom is 0.0843 e. The van der Waals surface area contributed by atoms with Gasteiger partial charge in [-0.15, -0.1) is 0 Å². The van der Waals surface area contributed by atoms with E-state index in [0.29, 0.717) is 0 Å².